The molecule has 0 unspecified atom stereocenters. The van der Waals surface area contributed by atoms with Gasteiger partial charge in [-0.05, 0) is 55.8 Å². The number of aryl methyl sites for hydroxylation is 2. The summed E-state index contributed by atoms with van der Waals surface area (Å²) in [5.74, 6) is 0.342. The molecule has 0 radical (unpaired) electrons. The molecule has 0 bridgehead atoms. The molecule has 5 aromatic rings. The van der Waals surface area contributed by atoms with Gasteiger partial charge in [0.2, 0.25) is 0 Å². The number of amides is 1. The summed E-state index contributed by atoms with van der Waals surface area (Å²) in [7, 11) is 0. The first-order chi connectivity index (χ1) is 17.1. The van der Waals surface area contributed by atoms with E-state index >= 15 is 0 Å². The molecule has 35 heavy (non-hydrogen) atoms. The largest absolute Gasteiger partial charge is 0.424 e. The molecule has 0 saturated heterocycles. The molecule has 1 amide bonds. The van der Waals surface area contributed by atoms with E-state index in [-0.39, 0.29) is 11.9 Å². The van der Waals surface area contributed by atoms with Gasteiger partial charge >= 0.3 is 6.01 Å². The molecule has 0 aliphatic heterocycles. The third kappa shape index (κ3) is 4.94. The maximum absolute atomic E-state index is 13.4. The molecule has 0 saturated carbocycles. The number of ether oxygens (including phenoxy) is 1. The number of carbonyl (C=O) groups excluding carboxylic acids is 1. The van der Waals surface area contributed by atoms with Crippen molar-refractivity contribution >= 4 is 11.6 Å². The Balaban J connectivity index is 1.44. The first-order valence-electron chi connectivity index (χ1n) is 11.2. The van der Waals surface area contributed by atoms with E-state index in [0.29, 0.717) is 22.7 Å². The van der Waals surface area contributed by atoms with Crippen LogP contribution in [0.2, 0.25) is 0 Å². The van der Waals surface area contributed by atoms with Gasteiger partial charge in [0.05, 0.1) is 11.3 Å². The Hall–Kier alpha value is -4.78. The van der Waals surface area contributed by atoms with Gasteiger partial charge in [0, 0.05) is 29.8 Å². The van der Waals surface area contributed by atoms with Crippen molar-refractivity contribution in [2.45, 2.75) is 13.8 Å². The average molecular weight is 462 g/mol. The van der Waals surface area contributed by atoms with Gasteiger partial charge in [0.1, 0.15) is 11.4 Å². The van der Waals surface area contributed by atoms with Gasteiger partial charge in [-0.15, -0.1) is 0 Å². The van der Waals surface area contributed by atoms with Crippen LogP contribution in [0.1, 0.15) is 21.5 Å². The van der Waals surface area contributed by atoms with Gasteiger partial charge in [0.25, 0.3) is 5.91 Å². The molecule has 5 rings (SSSR count). The third-order valence-corrected chi connectivity index (χ3v) is 5.50. The lowest BCUT2D eigenvalue weighted by atomic mass is 10.1. The van der Waals surface area contributed by atoms with Gasteiger partial charge in [-0.25, -0.2) is 14.6 Å². The minimum absolute atomic E-state index is 0.245. The molecule has 3 aromatic carbocycles. The zero-order valence-corrected chi connectivity index (χ0v) is 19.3. The van der Waals surface area contributed by atoms with Crippen LogP contribution in [0.5, 0.6) is 11.8 Å². The van der Waals surface area contributed by atoms with Crippen molar-refractivity contribution in [2.24, 2.45) is 0 Å². The second kappa shape index (κ2) is 9.61. The number of nitrogens with zero attached hydrogens (tertiary/aromatic N) is 4. The van der Waals surface area contributed by atoms with Gasteiger partial charge < -0.3 is 10.1 Å². The van der Waals surface area contributed by atoms with Gasteiger partial charge in [-0.3, -0.25) is 4.79 Å². The Kier molecular flexibility index (Phi) is 6.05. The van der Waals surface area contributed by atoms with Crippen molar-refractivity contribution in [3.8, 4) is 28.7 Å². The van der Waals surface area contributed by atoms with Crippen LogP contribution in [0, 0.1) is 13.8 Å². The molecule has 2 heterocycles. The van der Waals surface area contributed by atoms with Gasteiger partial charge in [-0.1, -0.05) is 48.0 Å². The van der Waals surface area contributed by atoms with Crippen LogP contribution in [0.4, 0.5) is 5.69 Å². The van der Waals surface area contributed by atoms with Gasteiger partial charge in [-0.2, -0.15) is 5.10 Å². The summed E-state index contributed by atoms with van der Waals surface area (Å²) >= 11 is 0. The predicted molar refractivity (Wildman–Crippen MR) is 135 cm³/mol. The molecule has 2 aromatic heterocycles. The fraction of sp³-hybridized carbons (Fsp3) is 0.0714. The summed E-state index contributed by atoms with van der Waals surface area (Å²) in [6.45, 7) is 3.94. The molecular weight excluding hydrogens is 438 g/mol. The molecule has 0 atom stereocenters. The number of hydrogen-bond acceptors (Lipinski definition) is 5. The number of rotatable bonds is 6. The molecule has 7 nitrogen and oxygen atoms in total. The molecule has 0 aliphatic carbocycles. The van der Waals surface area contributed by atoms with Crippen molar-refractivity contribution in [1.29, 1.82) is 0 Å². The topological polar surface area (TPSA) is 81.9 Å². The van der Waals surface area contributed by atoms with Crippen LogP contribution in [-0.2, 0) is 0 Å². The quantitative estimate of drug-likeness (QED) is 0.336. The maximum atomic E-state index is 13.4. The second-order valence-corrected chi connectivity index (χ2v) is 8.10. The normalized spacial score (nSPS) is 10.7. The lowest BCUT2D eigenvalue weighted by Gasteiger charge is -2.10. The van der Waals surface area contributed by atoms with Crippen molar-refractivity contribution < 1.29 is 9.53 Å². The van der Waals surface area contributed by atoms with Crippen LogP contribution in [0.15, 0.2) is 97.5 Å². The number of carbonyl (C=O) groups is 1. The number of nitrogens with one attached hydrogen (secondary N) is 1. The smallest absolute Gasteiger partial charge is 0.321 e. The molecule has 0 aliphatic rings. The van der Waals surface area contributed by atoms with E-state index in [1.807, 2.05) is 74.5 Å². The van der Waals surface area contributed by atoms with Crippen molar-refractivity contribution in [3.05, 3.63) is 114 Å². The van der Waals surface area contributed by atoms with E-state index in [9.17, 15) is 4.79 Å². The summed E-state index contributed by atoms with van der Waals surface area (Å²) in [6, 6.07) is 25.1. The summed E-state index contributed by atoms with van der Waals surface area (Å²) in [5, 5.41) is 7.77. The highest BCUT2D eigenvalue weighted by Crippen LogP contribution is 2.27. The number of benzene rings is 3. The van der Waals surface area contributed by atoms with Crippen LogP contribution >= 0.6 is 0 Å². The fourth-order valence-electron chi connectivity index (χ4n) is 3.65. The summed E-state index contributed by atoms with van der Waals surface area (Å²) < 4.78 is 7.43. The lowest BCUT2D eigenvalue weighted by molar-refractivity contribution is 0.102. The van der Waals surface area contributed by atoms with E-state index in [0.717, 1.165) is 22.4 Å². The highest BCUT2D eigenvalue weighted by molar-refractivity contribution is 6.08. The minimum atomic E-state index is -0.245. The maximum Gasteiger partial charge on any atom is 0.321 e. The van der Waals surface area contributed by atoms with E-state index in [2.05, 4.69) is 15.3 Å². The molecule has 172 valence electrons. The molecule has 7 heteroatoms. The van der Waals surface area contributed by atoms with Crippen molar-refractivity contribution in [3.63, 3.8) is 0 Å². The summed E-state index contributed by atoms with van der Waals surface area (Å²) in [6.07, 6.45) is 5.00. The summed E-state index contributed by atoms with van der Waals surface area (Å²) in [5.41, 5.74) is 5.53. The summed E-state index contributed by atoms with van der Waals surface area (Å²) in [4.78, 5) is 21.6. The zero-order valence-electron chi connectivity index (χ0n) is 19.3. The van der Waals surface area contributed by atoms with Crippen LogP contribution in [0.3, 0.4) is 0 Å². The molecular formula is C28H23N5O2. The Morgan fingerprint density at radius 3 is 2.34 bits per heavy atom. The lowest BCUT2D eigenvalue weighted by Crippen LogP contribution is -2.13. The third-order valence-electron chi connectivity index (χ3n) is 5.50. The van der Waals surface area contributed by atoms with E-state index in [1.165, 1.54) is 0 Å². The van der Waals surface area contributed by atoms with E-state index in [4.69, 9.17) is 9.84 Å². The number of anilines is 1. The predicted octanol–water partition coefficient (Wildman–Crippen LogP) is 5.99. The van der Waals surface area contributed by atoms with Crippen molar-refractivity contribution in [2.75, 3.05) is 5.32 Å². The second-order valence-electron chi connectivity index (χ2n) is 8.10. The molecule has 0 fully saturated rings. The zero-order chi connectivity index (χ0) is 24.2. The van der Waals surface area contributed by atoms with Gasteiger partial charge in [0.15, 0.2) is 0 Å². The number of aromatic nitrogens is 4. The molecule has 0 spiro atoms. The molecule has 1 N–H and O–H groups in total. The van der Waals surface area contributed by atoms with E-state index < -0.39 is 0 Å². The standard InChI is InChI=1S/C28H23N5O2/c1-19-9-11-22(12-10-19)33-18-24(26(32-33)21-7-4-3-5-8-21)27(34)31-25-14-13-23(17-20(25)2)35-28-29-15-6-16-30-28/h3-18H,1-2H3,(H,31,34). The van der Waals surface area contributed by atoms with Crippen LogP contribution in [0.25, 0.3) is 16.9 Å². The fourth-order valence-corrected chi connectivity index (χ4v) is 3.65. The highest BCUT2D eigenvalue weighted by atomic mass is 16.5. The first-order valence-corrected chi connectivity index (χ1v) is 11.2. The monoisotopic (exact) mass is 461 g/mol. The number of hydrogen-bond donors (Lipinski definition) is 1. The van der Waals surface area contributed by atoms with E-state index in [1.54, 1.807) is 41.5 Å². The SMILES string of the molecule is Cc1ccc(-n2cc(C(=O)Nc3ccc(Oc4ncccn4)cc3C)c(-c3ccccc3)n2)cc1. The Morgan fingerprint density at radius 1 is 0.886 bits per heavy atom. The Labute approximate surface area is 203 Å². The van der Waals surface area contributed by atoms with Crippen LogP contribution < -0.4 is 10.1 Å². The minimum Gasteiger partial charge on any atom is -0.424 e. The van der Waals surface area contributed by atoms with Crippen LogP contribution in [-0.4, -0.2) is 25.7 Å². The highest BCUT2D eigenvalue weighted by Gasteiger charge is 2.19. The van der Waals surface area contributed by atoms with Crippen molar-refractivity contribution in [1.82, 2.24) is 19.7 Å². The average Bonchev–Trinajstić information content (AvgIpc) is 3.33. The Bertz CT molecular complexity index is 1460. The first kappa shape index (κ1) is 22.0. The Morgan fingerprint density at radius 2 is 1.63 bits per heavy atom.